The second-order valence-electron chi connectivity index (χ2n) is 6.81. The van der Waals surface area contributed by atoms with Gasteiger partial charge in [0.2, 0.25) is 0 Å². The van der Waals surface area contributed by atoms with Crippen LogP contribution in [0, 0.1) is 0 Å². The maximum absolute atomic E-state index is 13.1. The van der Waals surface area contributed by atoms with Crippen LogP contribution in [-0.2, 0) is 13.5 Å². The maximum Gasteiger partial charge on any atom is 0.252 e. The van der Waals surface area contributed by atoms with Crippen molar-refractivity contribution in [1.29, 1.82) is 0 Å². The molecular formula is C22H21N5O. The molecule has 1 amide bonds. The van der Waals surface area contributed by atoms with Gasteiger partial charge in [0.15, 0.2) is 0 Å². The first-order chi connectivity index (χ1) is 13.6. The van der Waals surface area contributed by atoms with E-state index >= 15 is 0 Å². The molecule has 0 bridgehead atoms. The van der Waals surface area contributed by atoms with Gasteiger partial charge in [-0.3, -0.25) is 14.5 Å². The van der Waals surface area contributed by atoms with Crippen molar-refractivity contribution in [2.24, 2.45) is 7.05 Å². The van der Waals surface area contributed by atoms with E-state index < -0.39 is 0 Å². The summed E-state index contributed by atoms with van der Waals surface area (Å²) in [6, 6.07) is 17.2. The number of rotatable bonds is 5. The fraction of sp³-hybridized carbons (Fsp3) is 0.182. The summed E-state index contributed by atoms with van der Waals surface area (Å²) in [6.45, 7) is 1.98. The summed E-state index contributed by atoms with van der Waals surface area (Å²) in [4.78, 5) is 22.1. The van der Waals surface area contributed by atoms with Crippen LogP contribution < -0.4 is 5.32 Å². The molecule has 3 heterocycles. The molecule has 28 heavy (non-hydrogen) atoms. The summed E-state index contributed by atoms with van der Waals surface area (Å²) in [5.74, 6) is -0.120. The molecule has 6 nitrogen and oxygen atoms in total. The normalized spacial score (nSPS) is 12.1. The molecule has 0 unspecified atom stereocenters. The molecule has 0 saturated carbocycles. The molecule has 0 radical (unpaired) electrons. The van der Waals surface area contributed by atoms with Crippen molar-refractivity contribution >= 4 is 16.8 Å². The summed E-state index contributed by atoms with van der Waals surface area (Å²) >= 11 is 0. The molecule has 6 heteroatoms. The van der Waals surface area contributed by atoms with E-state index in [-0.39, 0.29) is 11.9 Å². The third kappa shape index (κ3) is 3.62. The topological polar surface area (TPSA) is 72.7 Å². The van der Waals surface area contributed by atoms with Gasteiger partial charge in [0.05, 0.1) is 22.5 Å². The number of carbonyl (C=O) groups excluding carboxylic acids is 1. The maximum atomic E-state index is 13.1. The number of hydrogen-bond acceptors (Lipinski definition) is 4. The Labute approximate surface area is 163 Å². The van der Waals surface area contributed by atoms with Crippen LogP contribution in [0.2, 0.25) is 0 Å². The van der Waals surface area contributed by atoms with Gasteiger partial charge in [-0.2, -0.15) is 5.10 Å². The highest BCUT2D eigenvalue weighted by Crippen LogP contribution is 2.24. The molecule has 1 aromatic carbocycles. The van der Waals surface area contributed by atoms with Crippen molar-refractivity contribution in [1.82, 2.24) is 25.1 Å². The second kappa shape index (κ2) is 7.60. The zero-order valence-electron chi connectivity index (χ0n) is 15.8. The van der Waals surface area contributed by atoms with Gasteiger partial charge in [-0.15, -0.1) is 0 Å². The summed E-state index contributed by atoms with van der Waals surface area (Å²) in [5, 5.41) is 8.14. The molecule has 3 aromatic heterocycles. The highest BCUT2D eigenvalue weighted by molar-refractivity contribution is 6.07. The Morgan fingerprint density at radius 3 is 2.68 bits per heavy atom. The fourth-order valence-corrected chi connectivity index (χ4v) is 3.30. The Kier molecular flexibility index (Phi) is 4.85. The first-order valence-corrected chi connectivity index (χ1v) is 9.21. The SMILES string of the molecule is C[C@@H](Cc1ccccn1)NC(=O)c1cc(-c2ccnn2C)nc2ccccc12. The van der Waals surface area contributed by atoms with E-state index in [4.69, 9.17) is 4.98 Å². The van der Waals surface area contributed by atoms with E-state index in [1.165, 1.54) is 0 Å². The lowest BCUT2D eigenvalue weighted by atomic mass is 10.0. The van der Waals surface area contributed by atoms with Crippen LogP contribution in [0.3, 0.4) is 0 Å². The van der Waals surface area contributed by atoms with Crippen molar-refractivity contribution in [2.45, 2.75) is 19.4 Å². The van der Waals surface area contributed by atoms with Gasteiger partial charge in [0.25, 0.3) is 5.91 Å². The van der Waals surface area contributed by atoms with E-state index in [0.717, 1.165) is 28.0 Å². The highest BCUT2D eigenvalue weighted by Gasteiger charge is 2.17. The summed E-state index contributed by atoms with van der Waals surface area (Å²) < 4.78 is 1.75. The standard InChI is InChI=1S/C22H21N5O/c1-15(13-16-7-5-6-11-23-16)25-22(28)18-14-20(21-10-12-24-27(21)2)26-19-9-4-3-8-17(18)19/h3-12,14-15H,13H2,1-2H3,(H,25,28)/t15-/m0/s1. The molecule has 4 aromatic rings. The minimum absolute atomic E-state index is 0.0468. The Bertz CT molecular complexity index is 1120. The molecule has 0 spiro atoms. The van der Waals surface area contributed by atoms with Gasteiger partial charge < -0.3 is 5.32 Å². The summed E-state index contributed by atoms with van der Waals surface area (Å²) in [5.41, 5.74) is 3.92. The molecule has 0 saturated heterocycles. The number of hydrogen-bond donors (Lipinski definition) is 1. The molecule has 1 N–H and O–H groups in total. The number of nitrogens with zero attached hydrogens (tertiary/aromatic N) is 4. The van der Waals surface area contributed by atoms with Crippen LogP contribution in [0.25, 0.3) is 22.3 Å². The number of para-hydroxylation sites is 1. The van der Waals surface area contributed by atoms with Crippen LogP contribution in [0.5, 0.6) is 0 Å². The summed E-state index contributed by atoms with van der Waals surface area (Å²) in [7, 11) is 1.86. The summed E-state index contributed by atoms with van der Waals surface area (Å²) in [6.07, 6.45) is 4.16. The monoisotopic (exact) mass is 371 g/mol. The lowest BCUT2D eigenvalue weighted by Gasteiger charge is -2.15. The van der Waals surface area contributed by atoms with Crippen LogP contribution in [0.15, 0.2) is 67.0 Å². The zero-order valence-corrected chi connectivity index (χ0v) is 15.8. The number of nitrogens with one attached hydrogen (secondary N) is 1. The Morgan fingerprint density at radius 1 is 1.11 bits per heavy atom. The average molecular weight is 371 g/mol. The van der Waals surface area contributed by atoms with Gasteiger partial charge in [0, 0.05) is 43.0 Å². The van der Waals surface area contributed by atoms with E-state index in [1.54, 1.807) is 17.1 Å². The number of aromatic nitrogens is 4. The van der Waals surface area contributed by atoms with E-state index in [0.29, 0.717) is 12.0 Å². The predicted octanol–water partition coefficient (Wildman–Crippen LogP) is 3.39. The van der Waals surface area contributed by atoms with Crippen LogP contribution in [-0.4, -0.2) is 31.7 Å². The number of carbonyl (C=O) groups is 1. The van der Waals surface area contributed by atoms with Crippen LogP contribution >= 0.6 is 0 Å². The molecule has 0 fully saturated rings. The molecular weight excluding hydrogens is 350 g/mol. The number of amides is 1. The van der Waals surface area contributed by atoms with Gasteiger partial charge >= 0.3 is 0 Å². The van der Waals surface area contributed by atoms with Crippen LogP contribution in [0.1, 0.15) is 23.0 Å². The van der Waals surface area contributed by atoms with Crippen LogP contribution in [0.4, 0.5) is 0 Å². The number of pyridine rings is 2. The van der Waals surface area contributed by atoms with E-state index in [2.05, 4.69) is 15.4 Å². The Balaban J connectivity index is 1.66. The van der Waals surface area contributed by atoms with Crippen molar-refractivity contribution in [3.63, 3.8) is 0 Å². The molecule has 0 aliphatic carbocycles. The third-order valence-electron chi connectivity index (χ3n) is 4.66. The van der Waals surface area contributed by atoms with Gasteiger partial charge in [-0.1, -0.05) is 24.3 Å². The first-order valence-electron chi connectivity index (χ1n) is 9.21. The van der Waals surface area contributed by atoms with Gasteiger partial charge in [-0.25, -0.2) is 4.98 Å². The number of benzene rings is 1. The molecule has 0 aliphatic heterocycles. The lowest BCUT2D eigenvalue weighted by Crippen LogP contribution is -2.34. The van der Waals surface area contributed by atoms with Gasteiger partial charge in [-0.05, 0) is 37.3 Å². The third-order valence-corrected chi connectivity index (χ3v) is 4.66. The van der Waals surface area contributed by atoms with E-state index in [1.807, 2.05) is 68.6 Å². The zero-order chi connectivity index (χ0) is 19.5. The quantitative estimate of drug-likeness (QED) is 0.584. The van der Waals surface area contributed by atoms with Crippen molar-refractivity contribution in [3.8, 4) is 11.4 Å². The second-order valence-corrected chi connectivity index (χ2v) is 6.81. The van der Waals surface area contributed by atoms with E-state index in [9.17, 15) is 4.79 Å². The number of aryl methyl sites for hydroxylation is 1. The molecule has 140 valence electrons. The molecule has 0 aliphatic rings. The Morgan fingerprint density at radius 2 is 1.93 bits per heavy atom. The fourth-order valence-electron chi connectivity index (χ4n) is 3.30. The minimum Gasteiger partial charge on any atom is -0.349 e. The minimum atomic E-state index is -0.120. The predicted molar refractivity (Wildman–Crippen MR) is 109 cm³/mol. The van der Waals surface area contributed by atoms with Crippen molar-refractivity contribution in [2.75, 3.05) is 0 Å². The van der Waals surface area contributed by atoms with Gasteiger partial charge in [0.1, 0.15) is 0 Å². The molecule has 4 rings (SSSR count). The smallest absolute Gasteiger partial charge is 0.252 e. The highest BCUT2D eigenvalue weighted by atomic mass is 16.1. The largest absolute Gasteiger partial charge is 0.349 e. The van der Waals surface area contributed by atoms with Crippen molar-refractivity contribution in [3.05, 3.63) is 78.2 Å². The lowest BCUT2D eigenvalue weighted by molar-refractivity contribution is 0.0941. The number of fused-ring (bicyclic) bond motifs is 1. The first kappa shape index (κ1) is 17.9. The molecule has 1 atom stereocenters. The average Bonchev–Trinajstić information content (AvgIpc) is 3.13. The Hall–Kier alpha value is -3.54. The van der Waals surface area contributed by atoms with Crippen molar-refractivity contribution < 1.29 is 4.79 Å².